The highest BCUT2D eigenvalue weighted by Gasteiger charge is 2.34. The van der Waals surface area contributed by atoms with Crippen molar-refractivity contribution in [2.75, 3.05) is 26.7 Å². The molecule has 6 heteroatoms. The fourth-order valence-corrected chi connectivity index (χ4v) is 5.27. The number of rotatable bonds is 8. The molecule has 3 atom stereocenters. The van der Waals surface area contributed by atoms with Gasteiger partial charge in [0.1, 0.15) is 5.75 Å². The molecule has 0 aromatic heterocycles. The van der Waals surface area contributed by atoms with Crippen LogP contribution in [-0.4, -0.2) is 64.5 Å². The molecule has 1 aliphatic heterocycles. The van der Waals surface area contributed by atoms with E-state index in [0.29, 0.717) is 18.2 Å². The highest BCUT2D eigenvalue weighted by molar-refractivity contribution is 5.94. The topological polar surface area (TPSA) is 47.0 Å². The molecule has 0 radical (unpaired) electrons. The van der Waals surface area contributed by atoms with E-state index in [9.17, 15) is 9.90 Å². The minimum absolute atomic E-state index is 0. The third kappa shape index (κ3) is 6.80. The van der Waals surface area contributed by atoms with Crippen molar-refractivity contribution in [2.24, 2.45) is 0 Å². The molecule has 5 nitrogen and oxygen atoms in total. The molecule has 3 aromatic rings. The zero-order chi connectivity index (χ0) is 25.7. The lowest BCUT2D eigenvalue weighted by Crippen LogP contribution is -2.57. The van der Waals surface area contributed by atoms with Gasteiger partial charge in [0.05, 0.1) is 6.04 Å². The smallest absolute Gasteiger partial charge is 0.253 e. The third-order valence-electron chi connectivity index (χ3n) is 7.10. The van der Waals surface area contributed by atoms with E-state index in [2.05, 4.69) is 42.4 Å². The van der Waals surface area contributed by atoms with E-state index in [1.165, 1.54) is 0 Å². The highest BCUT2D eigenvalue weighted by atomic mass is 35.5. The average Bonchev–Trinajstić information content (AvgIpc) is 2.87. The van der Waals surface area contributed by atoms with Crippen molar-refractivity contribution in [3.05, 3.63) is 114 Å². The van der Waals surface area contributed by atoms with Crippen molar-refractivity contribution in [3.8, 4) is 5.75 Å². The lowest BCUT2D eigenvalue weighted by molar-refractivity contribution is 0.0306. The number of phenols is 1. The Morgan fingerprint density at radius 1 is 1.00 bits per heavy atom. The summed E-state index contributed by atoms with van der Waals surface area (Å²) in [6, 6.07) is 26.1. The molecule has 0 spiro atoms. The van der Waals surface area contributed by atoms with Crippen molar-refractivity contribution < 1.29 is 9.90 Å². The van der Waals surface area contributed by atoms with Crippen molar-refractivity contribution >= 4 is 18.3 Å². The molecular weight excluding hydrogens is 482 g/mol. The van der Waals surface area contributed by atoms with E-state index in [4.69, 9.17) is 0 Å². The lowest BCUT2D eigenvalue weighted by atomic mass is 9.92. The third-order valence-corrected chi connectivity index (χ3v) is 7.10. The second-order valence-electron chi connectivity index (χ2n) is 9.91. The Bertz CT molecular complexity index is 1190. The summed E-state index contributed by atoms with van der Waals surface area (Å²) in [7, 11) is 1.84. The number of benzene rings is 3. The Labute approximate surface area is 227 Å². The van der Waals surface area contributed by atoms with Crippen molar-refractivity contribution in [1.29, 1.82) is 0 Å². The van der Waals surface area contributed by atoms with Gasteiger partial charge < -0.3 is 10.0 Å². The molecule has 0 aliphatic carbocycles. The van der Waals surface area contributed by atoms with Crippen LogP contribution < -0.4 is 0 Å². The van der Waals surface area contributed by atoms with Crippen LogP contribution in [0.15, 0.2) is 91.5 Å². The molecular formula is C31H38ClN3O2. The number of phenolic OH excluding ortho intramolecular Hbond substituents is 1. The second-order valence-corrected chi connectivity index (χ2v) is 9.91. The summed E-state index contributed by atoms with van der Waals surface area (Å²) in [6.07, 6.45) is 1.96. The number of carbonyl (C=O) groups excluding carboxylic acids is 1. The van der Waals surface area contributed by atoms with Crippen LogP contribution in [0.3, 0.4) is 0 Å². The molecule has 1 saturated heterocycles. The predicted molar refractivity (Wildman–Crippen MR) is 153 cm³/mol. The Morgan fingerprint density at radius 3 is 2.35 bits per heavy atom. The number of carbonyl (C=O) groups is 1. The number of nitrogens with zero attached hydrogens (tertiary/aromatic N) is 3. The normalized spacial score (nSPS) is 19.0. The van der Waals surface area contributed by atoms with Gasteiger partial charge in [0, 0.05) is 50.9 Å². The summed E-state index contributed by atoms with van der Waals surface area (Å²) in [5.41, 5.74) is 3.84. The van der Waals surface area contributed by atoms with Crippen LogP contribution in [0.25, 0.3) is 0 Å². The Balaban J connectivity index is 0.00000380. The average molecular weight is 520 g/mol. The van der Waals surface area contributed by atoms with E-state index in [1.807, 2.05) is 73.8 Å². The van der Waals surface area contributed by atoms with E-state index in [0.717, 1.165) is 36.3 Å². The Morgan fingerprint density at radius 2 is 1.68 bits per heavy atom. The van der Waals surface area contributed by atoms with Gasteiger partial charge in [-0.2, -0.15) is 0 Å². The molecule has 0 saturated carbocycles. The van der Waals surface area contributed by atoms with Crippen molar-refractivity contribution in [3.63, 3.8) is 0 Å². The zero-order valence-corrected chi connectivity index (χ0v) is 22.8. The van der Waals surface area contributed by atoms with Gasteiger partial charge in [-0.25, -0.2) is 0 Å². The monoisotopic (exact) mass is 519 g/mol. The first-order chi connectivity index (χ1) is 17.4. The number of aromatic hydroxyl groups is 1. The van der Waals surface area contributed by atoms with E-state index < -0.39 is 0 Å². The number of halogens is 1. The quantitative estimate of drug-likeness (QED) is 0.384. The molecule has 1 N–H and O–H groups in total. The van der Waals surface area contributed by atoms with Gasteiger partial charge in [0.15, 0.2) is 0 Å². The van der Waals surface area contributed by atoms with Gasteiger partial charge in [-0.05, 0) is 54.8 Å². The van der Waals surface area contributed by atoms with Gasteiger partial charge in [0.25, 0.3) is 5.91 Å². The van der Waals surface area contributed by atoms with E-state index in [-0.39, 0.29) is 36.1 Å². The Kier molecular flexibility index (Phi) is 9.93. The van der Waals surface area contributed by atoms with Gasteiger partial charge >= 0.3 is 0 Å². The first kappa shape index (κ1) is 28.5. The number of amides is 1. The molecule has 1 fully saturated rings. The van der Waals surface area contributed by atoms with Crippen molar-refractivity contribution in [2.45, 2.75) is 38.5 Å². The molecule has 37 heavy (non-hydrogen) atoms. The summed E-state index contributed by atoms with van der Waals surface area (Å²) in [6.45, 7) is 11.7. The first-order valence-electron chi connectivity index (χ1n) is 12.7. The second kappa shape index (κ2) is 12.9. The van der Waals surface area contributed by atoms with Crippen LogP contribution >= 0.6 is 12.4 Å². The lowest BCUT2D eigenvalue weighted by Gasteiger charge is -2.47. The van der Waals surface area contributed by atoms with Crippen LogP contribution in [0.5, 0.6) is 5.75 Å². The highest BCUT2D eigenvalue weighted by Crippen LogP contribution is 2.35. The number of hydrogen-bond acceptors (Lipinski definition) is 4. The Hall–Kier alpha value is -3.12. The van der Waals surface area contributed by atoms with Crippen LogP contribution in [0, 0.1) is 0 Å². The maximum Gasteiger partial charge on any atom is 0.253 e. The van der Waals surface area contributed by atoms with Crippen LogP contribution in [0.1, 0.15) is 46.9 Å². The van der Waals surface area contributed by atoms with Crippen LogP contribution in [0.2, 0.25) is 0 Å². The van der Waals surface area contributed by atoms with Gasteiger partial charge in [-0.15, -0.1) is 19.0 Å². The van der Waals surface area contributed by atoms with Gasteiger partial charge in [-0.1, -0.05) is 60.7 Å². The molecule has 196 valence electrons. The molecule has 4 rings (SSSR count). The van der Waals surface area contributed by atoms with Crippen LogP contribution in [0.4, 0.5) is 0 Å². The molecule has 0 bridgehead atoms. The summed E-state index contributed by atoms with van der Waals surface area (Å²) in [5.74, 6) is 0.242. The molecule has 1 aliphatic rings. The minimum atomic E-state index is -0.0763. The van der Waals surface area contributed by atoms with E-state index in [1.54, 1.807) is 11.0 Å². The molecule has 3 aromatic carbocycles. The maximum absolute atomic E-state index is 13.4. The zero-order valence-electron chi connectivity index (χ0n) is 22.0. The number of piperazine rings is 1. The fraction of sp³-hybridized carbons (Fsp3) is 0.323. The minimum Gasteiger partial charge on any atom is -0.508 e. The first-order valence-corrected chi connectivity index (χ1v) is 12.7. The maximum atomic E-state index is 13.4. The van der Waals surface area contributed by atoms with Gasteiger partial charge in [-0.3, -0.25) is 14.6 Å². The summed E-state index contributed by atoms with van der Waals surface area (Å²) in [5, 5.41) is 10.3. The molecule has 1 amide bonds. The largest absolute Gasteiger partial charge is 0.508 e. The van der Waals surface area contributed by atoms with E-state index >= 15 is 0 Å². The van der Waals surface area contributed by atoms with Gasteiger partial charge in [0.2, 0.25) is 0 Å². The SMILES string of the molecule is C=CCN1C[C@H](C)N([C@@H](c2cccc(O)c2)c2cccc(C(=O)N(C)Cc3ccccc3)c2)CC1C.Cl. The molecule has 1 heterocycles. The predicted octanol–water partition coefficient (Wildman–Crippen LogP) is 5.76. The fourth-order valence-electron chi connectivity index (χ4n) is 5.27. The van der Waals surface area contributed by atoms with Crippen molar-refractivity contribution in [1.82, 2.24) is 14.7 Å². The van der Waals surface area contributed by atoms with Crippen LogP contribution in [-0.2, 0) is 6.54 Å². The standard InChI is InChI=1S/C31H37N3O2.ClH/c1-5-17-33-20-24(3)34(21-23(33)2)30(27-14-10-16-29(35)19-27)26-13-9-15-28(18-26)31(36)32(4)22-25-11-7-6-8-12-25;/h5-16,18-19,23-24,30,35H,1,17,20-22H2,2-4H3;1H/t23?,24-,30+;/m0./s1. The summed E-state index contributed by atoms with van der Waals surface area (Å²) in [4.78, 5) is 20.1. The molecule has 1 unspecified atom stereocenters. The summed E-state index contributed by atoms with van der Waals surface area (Å²) < 4.78 is 0. The summed E-state index contributed by atoms with van der Waals surface area (Å²) >= 11 is 0. The number of hydrogen-bond donors (Lipinski definition) is 1.